The van der Waals surface area contributed by atoms with Gasteiger partial charge in [0.2, 0.25) is 5.91 Å². The Bertz CT molecular complexity index is 1350. The van der Waals surface area contributed by atoms with E-state index < -0.39 is 6.04 Å². The lowest BCUT2D eigenvalue weighted by Gasteiger charge is -2.46. The first-order valence-corrected chi connectivity index (χ1v) is 15.6. The summed E-state index contributed by atoms with van der Waals surface area (Å²) in [6.07, 6.45) is 2.04. The molecule has 0 bridgehead atoms. The number of halogens is 3. The number of hydrogen-bond acceptors (Lipinski definition) is 6. The molecule has 0 saturated carbocycles. The highest BCUT2D eigenvalue weighted by molar-refractivity contribution is 9.10. The summed E-state index contributed by atoms with van der Waals surface area (Å²) in [6, 6.07) is 11.7. The SMILES string of the molecule is Cc1cc([C@H](C)n2cc(CN3[C@H](C)CN(C(=O)C(c4cc(Cl)cc(Cl)c4)N4CCOCC4)C[C@@H]3C)nn2)ccc1Br. The van der Waals surface area contributed by atoms with Crippen molar-refractivity contribution in [2.75, 3.05) is 39.4 Å². The maximum Gasteiger partial charge on any atom is 0.244 e. The van der Waals surface area contributed by atoms with E-state index in [1.807, 2.05) is 27.9 Å². The van der Waals surface area contributed by atoms with Crippen molar-refractivity contribution in [3.8, 4) is 0 Å². The van der Waals surface area contributed by atoms with Crippen LogP contribution >= 0.6 is 39.1 Å². The molecule has 0 N–H and O–H groups in total. The first-order valence-electron chi connectivity index (χ1n) is 14.1. The zero-order chi connectivity index (χ0) is 29.3. The van der Waals surface area contributed by atoms with Crippen LogP contribution in [0.3, 0.4) is 0 Å². The van der Waals surface area contributed by atoms with Crippen LogP contribution in [0.15, 0.2) is 47.1 Å². The highest BCUT2D eigenvalue weighted by Crippen LogP contribution is 2.31. The number of ether oxygens (including phenoxy) is 1. The molecule has 0 aliphatic carbocycles. The Morgan fingerprint density at radius 1 is 1.05 bits per heavy atom. The molecule has 2 aliphatic heterocycles. The summed E-state index contributed by atoms with van der Waals surface area (Å²) >= 11 is 16.3. The number of hydrogen-bond donors (Lipinski definition) is 0. The number of benzene rings is 2. The Morgan fingerprint density at radius 2 is 1.71 bits per heavy atom. The van der Waals surface area contributed by atoms with E-state index in [1.54, 1.807) is 6.07 Å². The minimum atomic E-state index is -0.454. The topological polar surface area (TPSA) is 66.7 Å². The van der Waals surface area contributed by atoms with Crippen LogP contribution in [-0.4, -0.2) is 87.1 Å². The van der Waals surface area contributed by atoms with Crippen LogP contribution in [0.5, 0.6) is 0 Å². The second-order valence-electron chi connectivity index (χ2n) is 11.2. The van der Waals surface area contributed by atoms with E-state index in [-0.39, 0.29) is 24.0 Å². The molecule has 2 fully saturated rings. The third-order valence-corrected chi connectivity index (χ3v) is 9.55. The van der Waals surface area contributed by atoms with Gasteiger partial charge in [0.15, 0.2) is 0 Å². The van der Waals surface area contributed by atoms with Crippen molar-refractivity contribution in [1.29, 1.82) is 0 Å². The monoisotopic (exact) mass is 662 g/mol. The van der Waals surface area contributed by atoms with Crippen molar-refractivity contribution in [2.24, 2.45) is 0 Å². The van der Waals surface area contributed by atoms with Gasteiger partial charge in [-0.2, -0.15) is 0 Å². The van der Waals surface area contributed by atoms with Gasteiger partial charge in [0, 0.05) is 59.3 Å². The molecule has 3 aromatic rings. The molecular formula is C30H37BrCl2N6O2. The Kier molecular flexibility index (Phi) is 9.73. The summed E-state index contributed by atoms with van der Waals surface area (Å²) in [7, 11) is 0. The van der Waals surface area contributed by atoms with E-state index in [1.165, 1.54) is 11.1 Å². The molecule has 0 spiro atoms. The average molecular weight is 664 g/mol. The van der Waals surface area contributed by atoms with E-state index >= 15 is 0 Å². The van der Waals surface area contributed by atoms with Gasteiger partial charge < -0.3 is 9.64 Å². The predicted octanol–water partition coefficient (Wildman–Crippen LogP) is 5.76. The molecule has 3 heterocycles. The Labute approximate surface area is 260 Å². The van der Waals surface area contributed by atoms with Crippen molar-refractivity contribution in [3.05, 3.63) is 79.5 Å². The van der Waals surface area contributed by atoms with Crippen LogP contribution in [0.4, 0.5) is 0 Å². The van der Waals surface area contributed by atoms with Gasteiger partial charge in [-0.15, -0.1) is 5.10 Å². The second-order valence-corrected chi connectivity index (χ2v) is 13.0. The number of rotatable bonds is 7. The van der Waals surface area contributed by atoms with Gasteiger partial charge in [-0.1, -0.05) is 56.5 Å². The minimum absolute atomic E-state index is 0.0736. The van der Waals surface area contributed by atoms with Gasteiger partial charge in [0.05, 0.1) is 31.1 Å². The normalized spacial score (nSPS) is 22.1. The summed E-state index contributed by atoms with van der Waals surface area (Å²) in [4.78, 5) is 20.7. The van der Waals surface area contributed by atoms with Gasteiger partial charge in [-0.25, -0.2) is 4.68 Å². The minimum Gasteiger partial charge on any atom is -0.379 e. The Morgan fingerprint density at radius 3 is 2.34 bits per heavy atom. The maximum absolute atomic E-state index is 14.1. The third kappa shape index (κ3) is 6.98. The van der Waals surface area contributed by atoms with E-state index in [9.17, 15) is 4.79 Å². The summed E-state index contributed by atoms with van der Waals surface area (Å²) in [5.41, 5.74) is 4.12. The molecule has 1 amide bonds. The number of piperazine rings is 1. The van der Waals surface area contributed by atoms with E-state index in [0.717, 1.165) is 15.7 Å². The molecule has 4 atom stereocenters. The number of aromatic nitrogens is 3. The molecule has 41 heavy (non-hydrogen) atoms. The van der Waals surface area contributed by atoms with E-state index in [4.69, 9.17) is 27.9 Å². The summed E-state index contributed by atoms with van der Waals surface area (Å²) < 4.78 is 8.60. The van der Waals surface area contributed by atoms with Crippen LogP contribution in [0, 0.1) is 6.92 Å². The number of amides is 1. The van der Waals surface area contributed by atoms with Crippen LogP contribution in [0.25, 0.3) is 0 Å². The van der Waals surface area contributed by atoms with Gasteiger partial charge in [0.1, 0.15) is 6.04 Å². The molecule has 5 rings (SSSR count). The summed E-state index contributed by atoms with van der Waals surface area (Å²) in [6.45, 7) is 13.1. The lowest BCUT2D eigenvalue weighted by atomic mass is 10.0. The number of nitrogens with zero attached hydrogens (tertiary/aromatic N) is 6. The molecule has 8 nitrogen and oxygen atoms in total. The lowest BCUT2D eigenvalue weighted by molar-refractivity contribution is -0.143. The molecular weight excluding hydrogens is 627 g/mol. The molecule has 220 valence electrons. The highest BCUT2D eigenvalue weighted by atomic mass is 79.9. The predicted molar refractivity (Wildman–Crippen MR) is 165 cm³/mol. The lowest BCUT2D eigenvalue weighted by Crippen LogP contribution is -2.59. The summed E-state index contributed by atoms with van der Waals surface area (Å²) in [5.74, 6) is 0.0770. The Balaban J connectivity index is 1.29. The maximum atomic E-state index is 14.1. The largest absolute Gasteiger partial charge is 0.379 e. The molecule has 2 aliphatic rings. The number of carbonyl (C=O) groups is 1. The molecule has 1 aromatic heterocycles. The molecule has 11 heteroatoms. The highest BCUT2D eigenvalue weighted by Gasteiger charge is 2.38. The van der Waals surface area contributed by atoms with Gasteiger partial charge in [-0.05, 0) is 68.7 Å². The van der Waals surface area contributed by atoms with Crippen molar-refractivity contribution in [3.63, 3.8) is 0 Å². The fourth-order valence-corrected chi connectivity index (χ4v) is 6.73. The fourth-order valence-electron chi connectivity index (χ4n) is 5.94. The first kappa shape index (κ1) is 30.4. The van der Waals surface area contributed by atoms with Crippen LogP contribution < -0.4 is 0 Å². The zero-order valence-electron chi connectivity index (χ0n) is 23.9. The van der Waals surface area contributed by atoms with Gasteiger partial charge in [0.25, 0.3) is 0 Å². The van der Waals surface area contributed by atoms with Gasteiger partial charge in [-0.3, -0.25) is 14.6 Å². The van der Waals surface area contributed by atoms with Crippen molar-refractivity contribution < 1.29 is 9.53 Å². The van der Waals surface area contributed by atoms with Crippen LogP contribution in [0.2, 0.25) is 10.0 Å². The van der Waals surface area contributed by atoms with Gasteiger partial charge >= 0.3 is 0 Å². The van der Waals surface area contributed by atoms with E-state index in [0.29, 0.717) is 56.0 Å². The Hall–Kier alpha value is -2.01. The van der Waals surface area contributed by atoms with Crippen molar-refractivity contribution >= 4 is 45.0 Å². The number of aryl methyl sites for hydroxylation is 1. The second kappa shape index (κ2) is 13.1. The molecule has 1 unspecified atom stereocenters. The number of carbonyl (C=O) groups excluding carboxylic acids is 1. The molecule has 0 radical (unpaired) electrons. The number of morpholine rings is 1. The standard InChI is InChI=1S/C30H37BrCl2N6O2/c1-19-11-23(5-6-28(19)31)22(4)39-18-27(34-35-39)17-38-20(2)15-37(16-21(38)3)30(40)29(36-7-9-41-10-8-36)24-12-25(32)14-26(33)13-24/h5-6,11-14,18,20-22,29H,7-10,15-17H2,1-4H3/t20-,21+,22-,29?/m0/s1. The van der Waals surface area contributed by atoms with Crippen LogP contribution in [-0.2, 0) is 16.1 Å². The zero-order valence-corrected chi connectivity index (χ0v) is 27.0. The first-order chi connectivity index (χ1) is 19.6. The summed E-state index contributed by atoms with van der Waals surface area (Å²) in [5, 5.41) is 10.0. The van der Waals surface area contributed by atoms with Crippen molar-refractivity contribution in [1.82, 2.24) is 29.7 Å². The van der Waals surface area contributed by atoms with Crippen molar-refractivity contribution in [2.45, 2.75) is 58.4 Å². The average Bonchev–Trinajstić information content (AvgIpc) is 3.40. The third-order valence-electron chi connectivity index (χ3n) is 8.22. The smallest absolute Gasteiger partial charge is 0.244 e. The quantitative estimate of drug-likeness (QED) is 0.320. The molecule has 2 aromatic carbocycles. The van der Waals surface area contributed by atoms with Crippen LogP contribution in [0.1, 0.15) is 55.2 Å². The van der Waals surface area contributed by atoms with E-state index in [2.05, 4.69) is 81.9 Å². The fraction of sp³-hybridized carbons (Fsp3) is 0.500. The molecule has 2 saturated heterocycles.